The highest BCUT2D eigenvalue weighted by molar-refractivity contribution is 5.93. The van der Waals surface area contributed by atoms with Crippen LogP contribution in [0.25, 0.3) is 0 Å². The molecule has 0 aromatic heterocycles. The smallest absolute Gasteiger partial charge is 0.238 e. The number of amides is 1. The number of ether oxygens (including phenoxy) is 1. The molecular formula is C20H25FN2O2. The first-order chi connectivity index (χ1) is 12.0. The third-order valence-electron chi connectivity index (χ3n) is 4.18. The molecule has 25 heavy (non-hydrogen) atoms. The number of hydrogen-bond acceptors (Lipinski definition) is 3. The minimum absolute atomic E-state index is 0.0769. The summed E-state index contributed by atoms with van der Waals surface area (Å²) in [5, 5.41) is 2.97. The Hall–Kier alpha value is -2.24. The zero-order valence-corrected chi connectivity index (χ0v) is 15.0. The Morgan fingerprint density at radius 3 is 2.56 bits per heavy atom. The summed E-state index contributed by atoms with van der Waals surface area (Å²) in [7, 11) is 1.63. The molecule has 2 rings (SSSR count). The van der Waals surface area contributed by atoms with Crippen LogP contribution in [-0.4, -0.2) is 37.6 Å². The number of halogens is 1. The summed E-state index contributed by atoms with van der Waals surface area (Å²) in [6, 6.07) is 12.2. The van der Waals surface area contributed by atoms with Crippen molar-refractivity contribution in [3.63, 3.8) is 0 Å². The van der Waals surface area contributed by atoms with Crippen LogP contribution in [0.5, 0.6) is 0 Å². The van der Waals surface area contributed by atoms with E-state index in [4.69, 9.17) is 4.74 Å². The van der Waals surface area contributed by atoms with Crippen molar-refractivity contribution >= 4 is 11.6 Å². The van der Waals surface area contributed by atoms with Gasteiger partial charge in [0, 0.05) is 25.9 Å². The molecule has 0 bridgehead atoms. The summed E-state index contributed by atoms with van der Waals surface area (Å²) < 4.78 is 18.2. The van der Waals surface area contributed by atoms with Crippen LogP contribution >= 0.6 is 0 Å². The summed E-state index contributed by atoms with van der Waals surface area (Å²) in [6.07, 6.45) is 0. The molecule has 0 aliphatic heterocycles. The van der Waals surface area contributed by atoms with Crippen LogP contribution in [-0.2, 0) is 16.1 Å². The second kappa shape index (κ2) is 9.30. The molecule has 2 aromatic rings. The molecule has 5 heteroatoms. The minimum atomic E-state index is -0.264. The van der Waals surface area contributed by atoms with E-state index >= 15 is 0 Å². The zero-order valence-electron chi connectivity index (χ0n) is 15.0. The highest BCUT2D eigenvalue weighted by Gasteiger charge is 2.13. The number of nitrogens with one attached hydrogen (secondary N) is 1. The molecule has 0 fully saturated rings. The third-order valence-corrected chi connectivity index (χ3v) is 4.18. The Labute approximate surface area is 148 Å². The first kappa shape index (κ1) is 19.1. The number of aryl methyl sites for hydroxylation is 1. The predicted octanol–water partition coefficient (Wildman–Crippen LogP) is 3.53. The topological polar surface area (TPSA) is 41.6 Å². The minimum Gasteiger partial charge on any atom is -0.383 e. The third kappa shape index (κ3) is 5.96. The average molecular weight is 344 g/mol. The Kier molecular flexibility index (Phi) is 7.10. The number of hydrogen-bond donors (Lipinski definition) is 1. The molecular weight excluding hydrogens is 319 g/mol. The Balaban J connectivity index is 2.01. The highest BCUT2D eigenvalue weighted by atomic mass is 19.1. The summed E-state index contributed by atoms with van der Waals surface area (Å²) in [6.45, 7) is 5.96. The maximum Gasteiger partial charge on any atom is 0.238 e. The van der Waals surface area contributed by atoms with Crippen LogP contribution in [0.4, 0.5) is 10.1 Å². The van der Waals surface area contributed by atoms with Crippen LogP contribution in [0.1, 0.15) is 16.7 Å². The SMILES string of the molecule is COCCN(CC(=O)Nc1cccc(C)c1C)Cc1ccc(F)cc1. The van der Waals surface area contributed by atoms with Gasteiger partial charge in [0.05, 0.1) is 13.2 Å². The van der Waals surface area contributed by atoms with E-state index in [0.717, 1.165) is 22.4 Å². The van der Waals surface area contributed by atoms with E-state index in [1.54, 1.807) is 19.2 Å². The van der Waals surface area contributed by atoms with Gasteiger partial charge in [0.25, 0.3) is 0 Å². The summed E-state index contributed by atoms with van der Waals surface area (Å²) >= 11 is 0. The molecule has 0 atom stereocenters. The lowest BCUT2D eigenvalue weighted by Gasteiger charge is -2.22. The van der Waals surface area contributed by atoms with Crippen molar-refractivity contribution in [2.24, 2.45) is 0 Å². The predicted molar refractivity (Wildman–Crippen MR) is 98.1 cm³/mol. The number of carbonyl (C=O) groups is 1. The van der Waals surface area contributed by atoms with E-state index in [-0.39, 0.29) is 18.3 Å². The van der Waals surface area contributed by atoms with Gasteiger partial charge >= 0.3 is 0 Å². The van der Waals surface area contributed by atoms with Crippen LogP contribution < -0.4 is 5.32 Å². The van der Waals surface area contributed by atoms with E-state index in [1.165, 1.54) is 12.1 Å². The monoisotopic (exact) mass is 344 g/mol. The van der Waals surface area contributed by atoms with Crippen molar-refractivity contribution in [3.8, 4) is 0 Å². The standard InChI is InChI=1S/C20H25FN2O2/c1-15-5-4-6-19(16(15)2)22-20(24)14-23(11-12-25-3)13-17-7-9-18(21)10-8-17/h4-10H,11-14H2,1-3H3,(H,22,24). The number of rotatable bonds is 8. The molecule has 4 nitrogen and oxygen atoms in total. The van der Waals surface area contributed by atoms with Gasteiger partial charge in [-0.05, 0) is 48.7 Å². The normalized spacial score (nSPS) is 10.9. The van der Waals surface area contributed by atoms with Crippen LogP contribution in [0, 0.1) is 19.7 Å². The quantitative estimate of drug-likeness (QED) is 0.796. The first-order valence-electron chi connectivity index (χ1n) is 8.31. The van der Waals surface area contributed by atoms with Crippen molar-refractivity contribution in [2.75, 3.05) is 32.1 Å². The molecule has 0 aliphatic rings. The zero-order chi connectivity index (χ0) is 18.2. The number of benzene rings is 2. The number of carbonyl (C=O) groups excluding carboxylic acids is 1. The number of anilines is 1. The molecule has 2 aromatic carbocycles. The van der Waals surface area contributed by atoms with Gasteiger partial charge in [0.1, 0.15) is 5.82 Å². The molecule has 0 spiro atoms. The van der Waals surface area contributed by atoms with Gasteiger partial charge in [0.2, 0.25) is 5.91 Å². The van der Waals surface area contributed by atoms with Gasteiger partial charge in [-0.2, -0.15) is 0 Å². The molecule has 0 unspecified atom stereocenters. The van der Waals surface area contributed by atoms with E-state index in [2.05, 4.69) is 5.32 Å². The van der Waals surface area contributed by atoms with Crippen LogP contribution in [0.3, 0.4) is 0 Å². The average Bonchev–Trinajstić information content (AvgIpc) is 2.59. The van der Waals surface area contributed by atoms with Crippen LogP contribution in [0.15, 0.2) is 42.5 Å². The Morgan fingerprint density at radius 2 is 1.88 bits per heavy atom. The molecule has 0 aliphatic carbocycles. The first-order valence-corrected chi connectivity index (χ1v) is 8.31. The van der Waals surface area contributed by atoms with Gasteiger partial charge in [-0.1, -0.05) is 24.3 Å². The molecule has 1 N–H and O–H groups in total. The molecule has 0 saturated carbocycles. The fraction of sp³-hybridized carbons (Fsp3) is 0.350. The fourth-order valence-corrected chi connectivity index (χ4v) is 2.56. The van der Waals surface area contributed by atoms with Gasteiger partial charge in [0.15, 0.2) is 0 Å². The summed E-state index contributed by atoms with van der Waals surface area (Å²) in [4.78, 5) is 14.4. The number of nitrogens with zero attached hydrogens (tertiary/aromatic N) is 1. The fourth-order valence-electron chi connectivity index (χ4n) is 2.56. The summed E-state index contributed by atoms with van der Waals surface area (Å²) in [5.74, 6) is -0.341. The maximum atomic E-state index is 13.1. The van der Waals surface area contributed by atoms with E-state index in [0.29, 0.717) is 19.7 Å². The van der Waals surface area contributed by atoms with Crippen molar-refractivity contribution in [2.45, 2.75) is 20.4 Å². The van der Waals surface area contributed by atoms with Gasteiger partial charge in [-0.15, -0.1) is 0 Å². The molecule has 0 heterocycles. The van der Waals surface area contributed by atoms with Crippen molar-refractivity contribution < 1.29 is 13.9 Å². The lowest BCUT2D eigenvalue weighted by atomic mass is 10.1. The van der Waals surface area contributed by atoms with Gasteiger partial charge in [-0.3, -0.25) is 9.69 Å². The van der Waals surface area contributed by atoms with Gasteiger partial charge < -0.3 is 10.1 Å². The van der Waals surface area contributed by atoms with E-state index in [1.807, 2.05) is 36.9 Å². The lowest BCUT2D eigenvalue weighted by Crippen LogP contribution is -2.35. The second-order valence-electron chi connectivity index (χ2n) is 6.13. The molecule has 0 saturated heterocycles. The van der Waals surface area contributed by atoms with E-state index < -0.39 is 0 Å². The van der Waals surface area contributed by atoms with Gasteiger partial charge in [-0.25, -0.2) is 4.39 Å². The number of methoxy groups -OCH3 is 1. The Bertz CT molecular complexity index is 701. The van der Waals surface area contributed by atoms with Crippen molar-refractivity contribution in [3.05, 3.63) is 65.0 Å². The lowest BCUT2D eigenvalue weighted by molar-refractivity contribution is -0.117. The van der Waals surface area contributed by atoms with Crippen LogP contribution in [0.2, 0.25) is 0 Å². The van der Waals surface area contributed by atoms with Crippen molar-refractivity contribution in [1.29, 1.82) is 0 Å². The molecule has 0 radical (unpaired) electrons. The maximum absolute atomic E-state index is 13.1. The molecule has 1 amide bonds. The second-order valence-corrected chi connectivity index (χ2v) is 6.13. The highest BCUT2D eigenvalue weighted by Crippen LogP contribution is 2.18. The van der Waals surface area contributed by atoms with E-state index in [9.17, 15) is 9.18 Å². The Morgan fingerprint density at radius 1 is 1.16 bits per heavy atom. The van der Waals surface area contributed by atoms with Crippen molar-refractivity contribution in [1.82, 2.24) is 4.90 Å². The summed E-state index contributed by atoms with van der Waals surface area (Å²) in [5.41, 5.74) is 3.99. The molecule has 134 valence electrons. The largest absolute Gasteiger partial charge is 0.383 e.